The van der Waals surface area contributed by atoms with Gasteiger partial charge in [-0.25, -0.2) is 4.99 Å². The van der Waals surface area contributed by atoms with Crippen LogP contribution in [0.3, 0.4) is 0 Å². The topological polar surface area (TPSA) is 42.9 Å². The van der Waals surface area contributed by atoms with Gasteiger partial charge in [0.05, 0.1) is 6.54 Å². The second kappa shape index (κ2) is 9.89. The Morgan fingerprint density at radius 1 is 1.15 bits per heavy atom. The molecule has 5 nitrogen and oxygen atoms in total. The molecular weight excluding hydrogens is 354 g/mol. The van der Waals surface area contributed by atoms with E-state index >= 15 is 0 Å². The van der Waals surface area contributed by atoms with Gasteiger partial charge in [0.2, 0.25) is 0 Å². The van der Waals surface area contributed by atoms with E-state index in [1.54, 1.807) is 11.3 Å². The molecule has 2 saturated heterocycles. The number of likely N-dealkylation sites (tertiary alicyclic amines) is 2. The highest BCUT2D eigenvalue weighted by atomic mass is 32.1. The zero-order valence-electron chi connectivity index (χ0n) is 17.4. The van der Waals surface area contributed by atoms with Crippen LogP contribution in [0.15, 0.2) is 16.4 Å². The number of nitrogens with one attached hydrogen (secondary N) is 2. The van der Waals surface area contributed by atoms with Gasteiger partial charge in [-0.3, -0.25) is 4.90 Å². The van der Waals surface area contributed by atoms with E-state index in [0.717, 1.165) is 25.6 Å². The van der Waals surface area contributed by atoms with E-state index in [-0.39, 0.29) is 5.54 Å². The van der Waals surface area contributed by atoms with Crippen LogP contribution in [0.25, 0.3) is 0 Å². The van der Waals surface area contributed by atoms with Gasteiger partial charge in [-0.05, 0) is 89.8 Å². The Kier molecular flexibility index (Phi) is 7.56. The predicted octanol–water partition coefficient (Wildman–Crippen LogP) is 3.06. The maximum Gasteiger partial charge on any atom is 0.191 e. The van der Waals surface area contributed by atoms with Gasteiger partial charge < -0.3 is 15.5 Å². The SMILES string of the molecule is CCNC(=NCc1sccc1C)NCC1(N2CCCCC2)CCN(C)CC1. The quantitative estimate of drug-likeness (QED) is 0.578. The van der Waals surface area contributed by atoms with Crippen molar-refractivity contribution in [3.05, 3.63) is 21.9 Å². The molecule has 1 aromatic heterocycles. The Hall–Kier alpha value is -1.11. The average molecular weight is 392 g/mol. The minimum Gasteiger partial charge on any atom is -0.357 e. The van der Waals surface area contributed by atoms with E-state index in [2.05, 4.69) is 52.8 Å². The van der Waals surface area contributed by atoms with Crippen LogP contribution in [0.1, 0.15) is 49.5 Å². The first-order valence-electron chi connectivity index (χ1n) is 10.6. The van der Waals surface area contributed by atoms with E-state index in [4.69, 9.17) is 4.99 Å². The van der Waals surface area contributed by atoms with Crippen LogP contribution < -0.4 is 10.6 Å². The van der Waals surface area contributed by atoms with Crippen molar-refractivity contribution in [2.75, 3.05) is 46.3 Å². The molecule has 2 aliphatic heterocycles. The third-order valence-corrected chi connectivity index (χ3v) is 7.23. The molecule has 6 heteroatoms. The molecule has 0 spiro atoms. The van der Waals surface area contributed by atoms with Gasteiger partial charge in [0, 0.05) is 23.5 Å². The molecule has 3 rings (SSSR count). The van der Waals surface area contributed by atoms with Crippen molar-refractivity contribution in [1.82, 2.24) is 20.4 Å². The molecular formula is C21H37N5S. The van der Waals surface area contributed by atoms with Crippen molar-refractivity contribution in [1.29, 1.82) is 0 Å². The zero-order valence-corrected chi connectivity index (χ0v) is 18.2. The Labute approximate surface area is 169 Å². The van der Waals surface area contributed by atoms with Crippen LogP contribution in [0.4, 0.5) is 0 Å². The van der Waals surface area contributed by atoms with Gasteiger partial charge in [-0.15, -0.1) is 11.3 Å². The Morgan fingerprint density at radius 3 is 2.52 bits per heavy atom. The third kappa shape index (κ3) is 5.46. The summed E-state index contributed by atoms with van der Waals surface area (Å²) in [5.74, 6) is 0.959. The van der Waals surface area contributed by atoms with Crippen LogP contribution in [-0.4, -0.2) is 67.6 Å². The Morgan fingerprint density at radius 2 is 1.89 bits per heavy atom. The predicted molar refractivity (Wildman–Crippen MR) is 117 cm³/mol. The summed E-state index contributed by atoms with van der Waals surface area (Å²) >= 11 is 1.80. The minimum absolute atomic E-state index is 0.280. The fourth-order valence-electron chi connectivity index (χ4n) is 4.31. The van der Waals surface area contributed by atoms with Crippen molar-refractivity contribution in [2.24, 2.45) is 4.99 Å². The zero-order chi connectivity index (χ0) is 19.1. The van der Waals surface area contributed by atoms with E-state index in [1.165, 1.54) is 68.7 Å². The summed E-state index contributed by atoms with van der Waals surface area (Å²) in [5.41, 5.74) is 1.63. The van der Waals surface area contributed by atoms with Gasteiger partial charge >= 0.3 is 0 Å². The molecule has 0 aliphatic carbocycles. The molecule has 2 fully saturated rings. The van der Waals surface area contributed by atoms with Crippen LogP contribution in [-0.2, 0) is 6.54 Å². The minimum atomic E-state index is 0.280. The number of aryl methyl sites for hydroxylation is 1. The number of piperidine rings is 2. The van der Waals surface area contributed by atoms with E-state index < -0.39 is 0 Å². The molecule has 1 aromatic rings. The summed E-state index contributed by atoms with van der Waals surface area (Å²) in [4.78, 5) is 11.5. The lowest BCUT2D eigenvalue weighted by Crippen LogP contribution is -2.62. The maximum atomic E-state index is 4.87. The summed E-state index contributed by atoms with van der Waals surface area (Å²) in [6.45, 7) is 11.9. The smallest absolute Gasteiger partial charge is 0.191 e. The Balaban J connectivity index is 1.66. The van der Waals surface area contributed by atoms with Crippen molar-refractivity contribution >= 4 is 17.3 Å². The second-order valence-electron chi connectivity index (χ2n) is 8.15. The van der Waals surface area contributed by atoms with Gasteiger partial charge in [0.15, 0.2) is 5.96 Å². The van der Waals surface area contributed by atoms with Gasteiger partial charge in [-0.2, -0.15) is 0 Å². The number of hydrogen-bond donors (Lipinski definition) is 2. The summed E-state index contributed by atoms with van der Waals surface area (Å²) in [6.07, 6.45) is 6.59. The van der Waals surface area contributed by atoms with E-state index in [0.29, 0.717) is 0 Å². The van der Waals surface area contributed by atoms with Crippen LogP contribution in [0.2, 0.25) is 0 Å². The molecule has 3 heterocycles. The first kappa shape index (κ1) is 20.6. The molecule has 0 atom stereocenters. The second-order valence-corrected chi connectivity index (χ2v) is 9.15. The number of nitrogens with zero attached hydrogens (tertiary/aromatic N) is 3. The molecule has 152 valence electrons. The highest BCUT2D eigenvalue weighted by molar-refractivity contribution is 7.10. The van der Waals surface area contributed by atoms with Crippen LogP contribution in [0.5, 0.6) is 0 Å². The summed E-state index contributed by atoms with van der Waals surface area (Å²) in [6, 6.07) is 2.18. The lowest BCUT2D eigenvalue weighted by atomic mass is 9.84. The first-order valence-corrected chi connectivity index (χ1v) is 11.5. The molecule has 2 aliphatic rings. The third-order valence-electron chi connectivity index (χ3n) is 6.22. The summed E-state index contributed by atoms with van der Waals surface area (Å²) in [7, 11) is 2.25. The largest absolute Gasteiger partial charge is 0.357 e. The highest BCUT2D eigenvalue weighted by Gasteiger charge is 2.39. The summed E-state index contributed by atoms with van der Waals surface area (Å²) < 4.78 is 0. The molecule has 0 saturated carbocycles. The number of rotatable bonds is 6. The van der Waals surface area contributed by atoms with Crippen molar-refractivity contribution in [3.8, 4) is 0 Å². The molecule has 0 amide bonds. The fraction of sp³-hybridized carbons (Fsp3) is 0.762. The molecule has 0 radical (unpaired) electrons. The fourth-order valence-corrected chi connectivity index (χ4v) is 5.14. The van der Waals surface area contributed by atoms with E-state index in [9.17, 15) is 0 Å². The molecule has 0 unspecified atom stereocenters. The van der Waals surface area contributed by atoms with Crippen molar-refractivity contribution in [2.45, 2.75) is 58.0 Å². The van der Waals surface area contributed by atoms with Crippen LogP contribution in [0, 0.1) is 6.92 Å². The maximum absolute atomic E-state index is 4.87. The van der Waals surface area contributed by atoms with Crippen molar-refractivity contribution < 1.29 is 0 Å². The number of thiophene rings is 1. The number of aliphatic imine (C=N–C) groups is 1. The molecule has 2 N–H and O–H groups in total. The van der Waals surface area contributed by atoms with Crippen LogP contribution >= 0.6 is 11.3 Å². The number of guanidine groups is 1. The standard InChI is InChI=1S/C21H37N5S/c1-4-22-20(23-16-19-18(2)8-15-27-19)24-17-21(9-13-25(3)14-10-21)26-11-6-5-7-12-26/h8,15H,4-7,9-14,16-17H2,1-3H3,(H2,22,23,24). The lowest BCUT2D eigenvalue weighted by molar-refractivity contribution is 0.0173. The normalized spacial score (nSPS) is 22.0. The van der Waals surface area contributed by atoms with Gasteiger partial charge in [-0.1, -0.05) is 6.42 Å². The first-order chi connectivity index (χ1) is 13.1. The number of hydrogen-bond acceptors (Lipinski definition) is 4. The molecule has 0 aromatic carbocycles. The van der Waals surface area contributed by atoms with E-state index in [1.807, 2.05) is 0 Å². The van der Waals surface area contributed by atoms with Gasteiger partial charge in [0.1, 0.15) is 0 Å². The average Bonchev–Trinajstić information content (AvgIpc) is 3.11. The molecule has 27 heavy (non-hydrogen) atoms. The molecule has 0 bridgehead atoms. The highest BCUT2D eigenvalue weighted by Crippen LogP contribution is 2.30. The van der Waals surface area contributed by atoms with Gasteiger partial charge in [0.25, 0.3) is 0 Å². The lowest BCUT2D eigenvalue weighted by Gasteiger charge is -2.50. The summed E-state index contributed by atoms with van der Waals surface area (Å²) in [5, 5.41) is 9.31. The Bertz CT molecular complexity index is 597. The monoisotopic (exact) mass is 391 g/mol. The van der Waals surface area contributed by atoms with Crippen molar-refractivity contribution in [3.63, 3.8) is 0 Å².